The molecule has 2 aromatic rings. The van der Waals surface area contributed by atoms with Crippen molar-refractivity contribution in [3.63, 3.8) is 0 Å². The number of aromatic nitrogens is 2. The number of imidazole rings is 1. The molecule has 0 aliphatic carbocycles. The fraction of sp³-hybridized carbons (Fsp3) is 0.462. The van der Waals surface area contributed by atoms with E-state index in [-0.39, 0.29) is 0 Å². The highest BCUT2D eigenvalue weighted by Gasteiger charge is 2.18. The molecule has 2 unspecified atom stereocenters. The van der Waals surface area contributed by atoms with E-state index >= 15 is 0 Å². The number of halogens is 1. The molecule has 0 amide bonds. The van der Waals surface area contributed by atoms with E-state index in [1.807, 2.05) is 18.2 Å². The highest BCUT2D eigenvalue weighted by molar-refractivity contribution is 6.31. The summed E-state index contributed by atoms with van der Waals surface area (Å²) in [5.74, 6) is 1.13. The number of nitrogens with two attached hydrogens (primary N) is 1. The highest BCUT2D eigenvalue weighted by atomic mass is 35.5. The summed E-state index contributed by atoms with van der Waals surface area (Å²) in [7, 11) is 0. The number of nitrogen functional groups attached to an aromatic ring is 1. The van der Waals surface area contributed by atoms with Crippen molar-refractivity contribution in [3.05, 3.63) is 23.2 Å². The molecule has 0 saturated heterocycles. The van der Waals surface area contributed by atoms with Crippen LogP contribution in [-0.2, 0) is 0 Å². The van der Waals surface area contributed by atoms with Crippen molar-refractivity contribution >= 4 is 28.6 Å². The van der Waals surface area contributed by atoms with Gasteiger partial charge in [-0.05, 0) is 31.0 Å². The van der Waals surface area contributed by atoms with Crippen molar-refractivity contribution in [2.45, 2.75) is 33.2 Å². The number of nitrogens with zero attached hydrogens (tertiary/aromatic N) is 2. The second-order valence-electron chi connectivity index (χ2n) is 4.60. The minimum atomic E-state index is 0.339. The second kappa shape index (κ2) is 4.57. The molecule has 92 valence electrons. The zero-order valence-corrected chi connectivity index (χ0v) is 11.2. The van der Waals surface area contributed by atoms with Crippen molar-refractivity contribution in [3.8, 4) is 0 Å². The van der Waals surface area contributed by atoms with E-state index in [2.05, 4.69) is 30.3 Å². The molecule has 0 saturated carbocycles. The van der Waals surface area contributed by atoms with Gasteiger partial charge in [-0.2, -0.15) is 0 Å². The number of benzene rings is 1. The number of anilines is 1. The fourth-order valence-corrected chi connectivity index (χ4v) is 2.28. The Bertz CT molecular complexity index is 533. The summed E-state index contributed by atoms with van der Waals surface area (Å²) in [4.78, 5) is 4.37. The normalized spacial score (nSPS) is 15.1. The lowest BCUT2D eigenvalue weighted by molar-refractivity contribution is 0.381. The van der Waals surface area contributed by atoms with E-state index in [0.717, 1.165) is 17.5 Å². The van der Waals surface area contributed by atoms with Crippen LogP contribution in [0, 0.1) is 5.92 Å². The number of hydrogen-bond acceptors (Lipinski definition) is 2. The van der Waals surface area contributed by atoms with Crippen molar-refractivity contribution in [2.75, 3.05) is 5.73 Å². The molecule has 0 aliphatic rings. The van der Waals surface area contributed by atoms with E-state index in [1.54, 1.807) is 0 Å². The molecule has 17 heavy (non-hydrogen) atoms. The third kappa shape index (κ3) is 2.12. The van der Waals surface area contributed by atoms with Gasteiger partial charge in [0.15, 0.2) is 0 Å². The van der Waals surface area contributed by atoms with Gasteiger partial charge in [-0.25, -0.2) is 4.98 Å². The van der Waals surface area contributed by atoms with Crippen LogP contribution in [0.25, 0.3) is 11.0 Å². The van der Waals surface area contributed by atoms with E-state index in [9.17, 15) is 0 Å². The fourth-order valence-electron chi connectivity index (χ4n) is 2.11. The van der Waals surface area contributed by atoms with Gasteiger partial charge in [0.05, 0.1) is 11.0 Å². The Labute approximate surface area is 107 Å². The summed E-state index contributed by atoms with van der Waals surface area (Å²) in [5.41, 5.74) is 7.93. The summed E-state index contributed by atoms with van der Waals surface area (Å²) < 4.78 is 2.10. The minimum absolute atomic E-state index is 0.339. The Morgan fingerprint density at radius 3 is 2.76 bits per heavy atom. The van der Waals surface area contributed by atoms with Gasteiger partial charge in [-0.15, -0.1) is 0 Å². The van der Waals surface area contributed by atoms with Crippen LogP contribution in [0.2, 0.25) is 5.02 Å². The lowest BCUT2D eigenvalue weighted by atomic mass is 10.0. The van der Waals surface area contributed by atoms with Crippen molar-refractivity contribution < 1.29 is 0 Å². The third-order valence-corrected chi connectivity index (χ3v) is 3.79. The van der Waals surface area contributed by atoms with Crippen LogP contribution in [-0.4, -0.2) is 9.55 Å². The maximum atomic E-state index is 6.01. The summed E-state index contributed by atoms with van der Waals surface area (Å²) in [6.07, 6.45) is 1.12. The van der Waals surface area contributed by atoms with Crippen molar-refractivity contribution in [1.29, 1.82) is 0 Å². The van der Waals surface area contributed by atoms with Gasteiger partial charge in [0, 0.05) is 11.1 Å². The first-order valence-electron chi connectivity index (χ1n) is 5.97. The SMILES string of the molecule is CCC(C)C(C)n1c(N)nc2cc(Cl)ccc21. The topological polar surface area (TPSA) is 43.8 Å². The zero-order chi connectivity index (χ0) is 12.6. The molecule has 0 aliphatic heterocycles. The Morgan fingerprint density at radius 1 is 1.41 bits per heavy atom. The zero-order valence-electron chi connectivity index (χ0n) is 10.4. The number of hydrogen-bond donors (Lipinski definition) is 1. The lowest BCUT2D eigenvalue weighted by Crippen LogP contribution is -2.15. The molecule has 0 radical (unpaired) electrons. The molecule has 3 nitrogen and oxygen atoms in total. The van der Waals surface area contributed by atoms with Crippen LogP contribution < -0.4 is 5.73 Å². The summed E-state index contributed by atoms with van der Waals surface area (Å²) in [6, 6.07) is 6.06. The monoisotopic (exact) mass is 251 g/mol. The average molecular weight is 252 g/mol. The van der Waals surface area contributed by atoms with Gasteiger partial charge < -0.3 is 10.3 Å². The molecular weight excluding hydrogens is 234 g/mol. The first-order chi connectivity index (χ1) is 8.04. The first kappa shape index (κ1) is 12.2. The van der Waals surface area contributed by atoms with Gasteiger partial charge in [-0.3, -0.25) is 0 Å². The van der Waals surface area contributed by atoms with Crippen molar-refractivity contribution in [1.82, 2.24) is 9.55 Å². The predicted octanol–water partition coefficient (Wildman–Crippen LogP) is 3.88. The molecule has 2 N–H and O–H groups in total. The molecular formula is C13H18ClN3. The Balaban J connectivity index is 2.57. The molecule has 2 atom stereocenters. The summed E-state index contributed by atoms with van der Waals surface area (Å²) in [5, 5.41) is 0.693. The summed E-state index contributed by atoms with van der Waals surface area (Å²) >= 11 is 5.96. The third-order valence-electron chi connectivity index (χ3n) is 3.55. The Morgan fingerprint density at radius 2 is 2.12 bits per heavy atom. The van der Waals surface area contributed by atoms with Gasteiger partial charge in [-0.1, -0.05) is 31.9 Å². The van der Waals surface area contributed by atoms with Crippen LogP contribution in [0.15, 0.2) is 18.2 Å². The first-order valence-corrected chi connectivity index (χ1v) is 6.35. The number of rotatable bonds is 3. The molecule has 1 heterocycles. The van der Waals surface area contributed by atoms with Crippen LogP contribution in [0.3, 0.4) is 0 Å². The van der Waals surface area contributed by atoms with Gasteiger partial charge in [0.1, 0.15) is 0 Å². The van der Waals surface area contributed by atoms with Crippen molar-refractivity contribution in [2.24, 2.45) is 5.92 Å². The molecule has 2 rings (SSSR count). The Hall–Kier alpha value is -1.22. The van der Waals surface area contributed by atoms with E-state index in [1.165, 1.54) is 0 Å². The van der Waals surface area contributed by atoms with Crippen LogP contribution in [0.5, 0.6) is 0 Å². The highest BCUT2D eigenvalue weighted by Crippen LogP contribution is 2.29. The Kier molecular flexibility index (Phi) is 3.29. The quantitative estimate of drug-likeness (QED) is 0.900. The summed E-state index contributed by atoms with van der Waals surface area (Å²) in [6.45, 7) is 6.60. The standard InChI is InChI=1S/C13H18ClN3/c1-4-8(2)9(3)17-12-6-5-10(14)7-11(12)16-13(17)15/h5-9H,4H2,1-3H3,(H2,15,16). The van der Waals surface area contributed by atoms with Gasteiger partial charge >= 0.3 is 0 Å². The smallest absolute Gasteiger partial charge is 0.201 e. The molecule has 1 aromatic carbocycles. The molecule has 0 fully saturated rings. The van der Waals surface area contributed by atoms with Crippen LogP contribution in [0.4, 0.5) is 5.95 Å². The average Bonchev–Trinajstić information content (AvgIpc) is 2.62. The lowest BCUT2D eigenvalue weighted by Gasteiger charge is -2.21. The molecule has 0 spiro atoms. The molecule has 4 heteroatoms. The van der Waals surface area contributed by atoms with Gasteiger partial charge in [0.2, 0.25) is 5.95 Å². The maximum absolute atomic E-state index is 6.01. The van der Waals surface area contributed by atoms with E-state index in [4.69, 9.17) is 17.3 Å². The van der Waals surface area contributed by atoms with Crippen LogP contribution in [0.1, 0.15) is 33.2 Å². The van der Waals surface area contributed by atoms with Crippen LogP contribution >= 0.6 is 11.6 Å². The van der Waals surface area contributed by atoms with E-state index in [0.29, 0.717) is 22.9 Å². The van der Waals surface area contributed by atoms with E-state index < -0.39 is 0 Å². The number of fused-ring (bicyclic) bond motifs is 1. The predicted molar refractivity (Wildman–Crippen MR) is 73.3 cm³/mol. The largest absolute Gasteiger partial charge is 0.369 e. The molecule has 0 bridgehead atoms. The van der Waals surface area contributed by atoms with Gasteiger partial charge in [0.25, 0.3) is 0 Å². The molecule has 1 aromatic heterocycles. The minimum Gasteiger partial charge on any atom is -0.369 e. The maximum Gasteiger partial charge on any atom is 0.201 e. The second-order valence-corrected chi connectivity index (χ2v) is 5.04.